The average molecular weight is 305 g/mol. The molecule has 114 valence electrons. The van der Waals surface area contributed by atoms with Crippen LogP contribution >= 0.6 is 11.3 Å². The van der Waals surface area contributed by atoms with Gasteiger partial charge in [-0.05, 0) is 66.9 Å². The van der Waals surface area contributed by atoms with Crippen LogP contribution < -0.4 is 5.32 Å². The lowest BCUT2D eigenvalue weighted by molar-refractivity contribution is 0.446. The lowest BCUT2D eigenvalue weighted by atomic mass is 9.95. The predicted molar refractivity (Wildman–Crippen MR) is 89.3 cm³/mol. The normalized spacial score (nSPS) is 12.8. The molecule has 1 heterocycles. The molecular formula is C18H24FNS. The standard InChI is InChI=1S/C18H24FNS/c1-14(2)12-20-13-16(11-18-7-4-8-21-18)9-15-5-3-6-17(19)10-15/h3-8,10,14,16,20H,9,11-13H2,1-2H3. The van der Waals surface area contributed by atoms with Gasteiger partial charge in [-0.25, -0.2) is 4.39 Å². The highest BCUT2D eigenvalue weighted by molar-refractivity contribution is 7.09. The molecule has 0 aliphatic carbocycles. The maximum atomic E-state index is 13.3. The number of nitrogens with one attached hydrogen (secondary N) is 1. The molecule has 0 saturated heterocycles. The molecule has 1 nitrogen and oxygen atoms in total. The number of benzene rings is 1. The topological polar surface area (TPSA) is 12.0 Å². The Hall–Kier alpha value is -1.19. The summed E-state index contributed by atoms with van der Waals surface area (Å²) in [5.74, 6) is 1.02. The molecule has 3 heteroatoms. The van der Waals surface area contributed by atoms with Crippen molar-refractivity contribution in [1.29, 1.82) is 0 Å². The zero-order valence-electron chi connectivity index (χ0n) is 12.8. The van der Waals surface area contributed by atoms with Gasteiger partial charge in [-0.1, -0.05) is 32.0 Å². The zero-order valence-corrected chi connectivity index (χ0v) is 13.6. The molecule has 1 atom stereocenters. The SMILES string of the molecule is CC(C)CNCC(Cc1cccc(F)c1)Cc1cccs1. The summed E-state index contributed by atoms with van der Waals surface area (Å²) >= 11 is 1.80. The first-order valence-electron chi connectivity index (χ1n) is 7.61. The highest BCUT2D eigenvalue weighted by Crippen LogP contribution is 2.18. The second-order valence-corrected chi connectivity index (χ2v) is 7.07. The Morgan fingerprint density at radius 1 is 1.10 bits per heavy atom. The Balaban J connectivity index is 1.96. The number of rotatable bonds is 8. The van der Waals surface area contributed by atoms with E-state index in [0.29, 0.717) is 11.8 Å². The third-order valence-corrected chi connectivity index (χ3v) is 4.37. The molecule has 2 aromatic rings. The van der Waals surface area contributed by atoms with Crippen molar-refractivity contribution >= 4 is 11.3 Å². The lowest BCUT2D eigenvalue weighted by Gasteiger charge is -2.18. The molecule has 0 saturated carbocycles. The monoisotopic (exact) mass is 305 g/mol. The van der Waals surface area contributed by atoms with Crippen molar-refractivity contribution in [2.24, 2.45) is 11.8 Å². The number of thiophene rings is 1. The van der Waals surface area contributed by atoms with Crippen LogP contribution in [-0.4, -0.2) is 13.1 Å². The highest BCUT2D eigenvalue weighted by atomic mass is 32.1. The van der Waals surface area contributed by atoms with E-state index < -0.39 is 0 Å². The van der Waals surface area contributed by atoms with Crippen LogP contribution in [0.4, 0.5) is 4.39 Å². The average Bonchev–Trinajstić information content (AvgIpc) is 2.91. The summed E-state index contributed by atoms with van der Waals surface area (Å²) in [7, 11) is 0. The largest absolute Gasteiger partial charge is 0.316 e. The van der Waals surface area contributed by atoms with Crippen molar-refractivity contribution in [3.63, 3.8) is 0 Å². The van der Waals surface area contributed by atoms with Crippen LogP contribution in [0, 0.1) is 17.7 Å². The third kappa shape index (κ3) is 5.98. The summed E-state index contributed by atoms with van der Waals surface area (Å²) < 4.78 is 13.3. The van der Waals surface area contributed by atoms with Gasteiger partial charge in [0.05, 0.1) is 0 Å². The van der Waals surface area contributed by atoms with Gasteiger partial charge in [0.2, 0.25) is 0 Å². The van der Waals surface area contributed by atoms with E-state index in [2.05, 4.69) is 36.7 Å². The zero-order chi connectivity index (χ0) is 15.1. The van der Waals surface area contributed by atoms with Gasteiger partial charge in [0.25, 0.3) is 0 Å². The Kier molecular flexibility index (Phi) is 6.40. The van der Waals surface area contributed by atoms with Gasteiger partial charge < -0.3 is 5.32 Å². The molecular weight excluding hydrogens is 281 g/mol. The quantitative estimate of drug-likeness (QED) is 0.755. The summed E-state index contributed by atoms with van der Waals surface area (Å²) in [6.45, 7) is 6.44. The van der Waals surface area contributed by atoms with Crippen molar-refractivity contribution in [2.75, 3.05) is 13.1 Å². The fraction of sp³-hybridized carbons (Fsp3) is 0.444. The van der Waals surface area contributed by atoms with Crippen molar-refractivity contribution in [3.8, 4) is 0 Å². The molecule has 0 aliphatic rings. The van der Waals surface area contributed by atoms with E-state index >= 15 is 0 Å². The Morgan fingerprint density at radius 3 is 2.62 bits per heavy atom. The van der Waals surface area contributed by atoms with Gasteiger partial charge in [0.1, 0.15) is 5.82 Å². The van der Waals surface area contributed by atoms with Crippen LogP contribution in [-0.2, 0) is 12.8 Å². The first kappa shape index (κ1) is 16.2. The van der Waals surface area contributed by atoms with Gasteiger partial charge in [0.15, 0.2) is 0 Å². The summed E-state index contributed by atoms with van der Waals surface area (Å²) in [5.41, 5.74) is 1.09. The molecule has 0 bridgehead atoms. The van der Waals surface area contributed by atoms with Crippen LogP contribution in [0.1, 0.15) is 24.3 Å². The first-order valence-corrected chi connectivity index (χ1v) is 8.49. The first-order chi connectivity index (χ1) is 10.1. The molecule has 1 aromatic heterocycles. The van der Waals surface area contributed by atoms with Crippen molar-refractivity contribution in [1.82, 2.24) is 5.32 Å². The second kappa shape index (κ2) is 8.30. The van der Waals surface area contributed by atoms with Crippen LogP contribution in [0.2, 0.25) is 0 Å². The van der Waals surface area contributed by atoms with Gasteiger partial charge in [-0.3, -0.25) is 0 Å². The number of hydrogen-bond donors (Lipinski definition) is 1. The molecule has 1 aromatic carbocycles. The predicted octanol–water partition coefficient (Wildman–Crippen LogP) is 4.53. The van der Waals surface area contributed by atoms with Crippen molar-refractivity contribution in [2.45, 2.75) is 26.7 Å². The summed E-state index contributed by atoms with van der Waals surface area (Å²) in [6, 6.07) is 11.3. The number of hydrogen-bond acceptors (Lipinski definition) is 2. The van der Waals surface area contributed by atoms with Crippen LogP contribution in [0.3, 0.4) is 0 Å². The Bertz CT molecular complexity index is 522. The van der Waals surface area contributed by atoms with E-state index in [9.17, 15) is 4.39 Å². The van der Waals surface area contributed by atoms with Crippen LogP contribution in [0.5, 0.6) is 0 Å². The molecule has 0 fully saturated rings. The second-order valence-electron chi connectivity index (χ2n) is 6.04. The molecule has 0 aliphatic heterocycles. The van der Waals surface area contributed by atoms with E-state index in [1.54, 1.807) is 23.5 Å². The number of halogens is 1. The van der Waals surface area contributed by atoms with E-state index in [0.717, 1.165) is 31.5 Å². The Morgan fingerprint density at radius 2 is 1.95 bits per heavy atom. The maximum absolute atomic E-state index is 13.3. The van der Waals surface area contributed by atoms with Gasteiger partial charge >= 0.3 is 0 Å². The van der Waals surface area contributed by atoms with E-state index in [1.165, 1.54) is 10.9 Å². The molecule has 0 spiro atoms. The smallest absolute Gasteiger partial charge is 0.123 e. The minimum atomic E-state index is -0.141. The summed E-state index contributed by atoms with van der Waals surface area (Å²) in [4.78, 5) is 1.41. The molecule has 1 unspecified atom stereocenters. The molecule has 0 amide bonds. The van der Waals surface area contributed by atoms with Crippen LogP contribution in [0.25, 0.3) is 0 Å². The summed E-state index contributed by atoms with van der Waals surface area (Å²) in [6.07, 6.45) is 1.97. The van der Waals surface area contributed by atoms with Gasteiger partial charge in [-0.2, -0.15) is 0 Å². The molecule has 0 radical (unpaired) electrons. The van der Waals surface area contributed by atoms with Crippen molar-refractivity contribution in [3.05, 3.63) is 58.0 Å². The van der Waals surface area contributed by atoms with E-state index in [1.807, 2.05) is 6.07 Å². The van der Waals surface area contributed by atoms with E-state index in [4.69, 9.17) is 0 Å². The maximum Gasteiger partial charge on any atom is 0.123 e. The Labute approximate surface area is 131 Å². The van der Waals surface area contributed by atoms with Crippen LogP contribution in [0.15, 0.2) is 41.8 Å². The summed E-state index contributed by atoms with van der Waals surface area (Å²) in [5, 5.41) is 5.66. The van der Waals surface area contributed by atoms with E-state index in [-0.39, 0.29) is 5.82 Å². The molecule has 1 N–H and O–H groups in total. The fourth-order valence-corrected chi connectivity index (χ4v) is 3.32. The van der Waals surface area contributed by atoms with Gasteiger partial charge in [0, 0.05) is 4.88 Å². The lowest BCUT2D eigenvalue weighted by Crippen LogP contribution is -2.28. The fourth-order valence-electron chi connectivity index (χ4n) is 2.50. The highest BCUT2D eigenvalue weighted by Gasteiger charge is 2.12. The molecule has 2 rings (SSSR count). The van der Waals surface area contributed by atoms with Crippen molar-refractivity contribution < 1.29 is 4.39 Å². The molecule has 21 heavy (non-hydrogen) atoms. The third-order valence-electron chi connectivity index (χ3n) is 3.47. The van der Waals surface area contributed by atoms with Gasteiger partial charge in [-0.15, -0.1) is 11.3 Å². The minimum Gasteiger partial charge on any atom is -0.316 e. The minimum absolute atomic E-state index is 0.141.